The number of carbonyl (C=O) groups excluding carboxylic acids is 1. The fraction of sp³-hybridized carbons (Fsp3) is 0.588. The van der Waals surface area contributed by atoms with Gasteiger partial charge in [-0.3, -0.25) is 4.79 Å². The highest BCUT2D eigenvalue weighted by atomic mass is 16.2. The van der Waals surface area contributed by atoms with E-state index in [0.29, 0.717) is 5.91 Å². The zero-order valence-corrected chi connectivity index (χ0v) is 12.1. The number of hydrogen-bond donors (Lipinski definition) is 1. The first-order valence-electron chi connectivity index (χ1n) is 7.96. The smallest absolute Gasteiger partial charge is 0.230 e. The lowest BCUT2D eigenvalue weighted by atomic mass is 9.94. The van der Waals surface area contributed by atoms with Gasteiger partial charge in [-0.15, -0.1) is 0 Å². The van der Waals surface area contributed by atoms with E-state index in [1.54, 1.807) is 0 Å². The second-order valence-electron chi connectivity index (χ2n) is 6.13. The van der Waals surface area contributed by atoms with Gasteiger partial charge in [-0.05, 0) is 43.4 Å². The van der Waals surface area contributed by atoms with Crippen molar-refractivity contribution in [1.82, 2.24) is 0 Å². The number of fused-ring (bicyclic) bond motifs is 1. The van der Waals surface area contributed by atoms with E-state index < -0.39 is 0 Å². The molecule has 0 unspecified atom stereocenters. The Balaban J connectivity index is 1.84. The monoisotopic (exact) mass is 272 g/mol. The van der Waals surface area contributed by atoms with Crippen LogP contribution >= 0.6 is 0 Å². The average Bonchev–Trinajstić information content (AvgIpc) is 2.75. The van der Waals surface area contributed by atoms with Gasteiger partial charge in [0.15, 0.2) is 0 Å². The Morgan fingerprint density at radius 1 is 1.10 bits per heavy atom. The maximum atomic E-state index is 12.9. The number of amides is 1. The number of benzene rings is 1. The van der Waals surface area contributed by atoms with Crippen LogP contribution < -0.4 is 10.6 Å². The van der Waals surface area contributed by atoms with Gasteiger partial charge in [0.25, 0.3) is 0 Å². The van der Waals surface area contributed by atoms with Crippen LogP contribution in [0.3, 0.4) is 0 Å². The van der Waals surface area contributed by atoms with E-state index in [2.05, 4.69) is 6.07 Å². The Hall–Kier alpha value is -1.51. The summed E-state index contributed by atoms with van der Waals surface area (Å²) in [4.78, 5) is 14.9. The molecule has 0 radical (unpaired) electrons. The van der Waals surface area contributed by atoms with Gasteiger partial charge in [0.1, 0.15) is 0 Å². The molecule has 2 aliphatic rings. The maximum absolute atomic E-state index is 12.9. The Kier molecular flexibility index (Phi) is 3.95. The van der Waals surface area contributed by atoms with Crippen molar-refractivity contribution >= 4 is 17.3 Å². The average molecular weight is 272 g/mol. The molecule has 1 fully saturated rings. The minimum atomic E-state index is 0.227. The summed E-state index contributed by atoms with van der Waals surface area (Å²) in [5.41, 5.74) is 9.13. The van der Waals surface area contributed by atoms with Gasteiger partial charge >= 0.3 is 0 Å². The molecule has 0 spiro atoms. The van der Waals surface area contributed by atoms with E-state index in [9.17, 15) is 4.79 Å². The molecule has 20 heavy (non-hydrogen) atoms. The van der Waals surface area contributed by atoms with Crippen molar-refractivity contribution in [2.24, 2.45) is 5.92 Å². The molecule has 108 valence electrons. The Bertz CT molecular complexity index is 490. The van der Waals surface area contributed by atoms with Crippen LogP contribution in [0, 0.1) is 5.92 Å². The number of nitrogen functional groups attached to an aromatic ring is 1. The van der Waals surface area contributed by atoms with Crippen LogP contribution in [0.15, 0.2) is 18.2 Å². The standard InChI is InChI=1S/C17H24N2O/c18-15-10-5-11-16-14(15)9-6-12-19(16)17(20)13-7-3-1-2-4-8-13/h5,10-11,13H,1-4,6-9,12,18H2. The van der Waals surface area contributed by atoms with Crippen molar-refractivity contribution < 1.29 is 4.79 Å². The van der Waals surface area contributed by atoms with Crippen molar-refractivity contribution in [3.05, 3.63) is 23.8 Å². The lowest BCUT2D eigenvalue weighted by Gasteiger charge is -2.32. The minimum absolute atomic E-state index is 0.227. The number of rotatable bonds is 1. The highest BCUT2D eigenvalue weighted by Crippen LogP contribution is 2.34. The van der Waals surface area contributed by atoms with Crippen molar-refractivity contribution in [1.29, 1.82) is 0 Å². The van der Waals surface area contributed by atoms with Crippen LogP contribution in [-0.4, -0.2) is 12.5 Å². The zero-order valence-electron chi connectivity index (χ0n) is 12.1. The largest absolute Gasteiger partial charge is 0.398 e. The van der Waals surface area contributed by atoms with Crippen LogP contribution in [0.25, 0.3) is 0 Å². The van der Waals surface area contributed by atoms with E-state index in [4.69, 9.17) is 5.73 Å². The molecule has 1 saturated carbocycles. The summed E-state index contributed by atoms with van der Waals surface area (Å²) in [6, 6.07) is 5.96. The van der Waals surface area contributed by atoms with E-state index >= 15 is 0 Å². The molecule has 3 rings (SSSR count). The molecule has 1 heterocycles. The van der Waals surface area contributed by atoms with Gasteiger partial charge < -0.3 is 10.6 Å². The van der Waals surface area contributed by atoms with Crippen molar-refractivity contribution in [3.8, 4) is 0 Å². The van der Waals surface area contributed by atoms with E-state index in [1.165, 1.54) is 31.2 Å². The van der Waals surface area contributed by atoms with Crippen LogP contribution in [-0.2, 0) is 11.2 Å². The number of hydrogen-bond acceptors (Lipinski definition) is 2. The molecule has 2 N–H and O–H groups in total. The summed E-state index contributed by atoms with van der Waals surface area (Å²) < 4.78 is 0. The summed E-state index contributed by atoms with van der Waals surface area (Å²) in [7, 11) is 0. The third-order valence-electron chi connectivity index (χ3n) is 4.76. The number of nitrogens with zero attached hydrogens (tertiary/aromatic N) is 1. The first kappa shape index (κ1) is 13.5. The molecule has 1 aromatic rings. The Labute approximate surface area is 121 Å². The number of nitrogens with two attached hydrogens (primary N) is 1. The maximum Gasteiger partial charge on any atom is 0.230 e. The molecule has 1 aliphatic heterocycles. The van der Waals surface area contributed by atoms with Gasteiger partial charge in [-0.1, -0.05) is 31.7 Å². The van der Waals surface area contributed by atoms with Gasteiger partial charge in [-0.25, -0.2) is 0 Å². The van der Waals surface area contributed by atoms with Crippen molar-refractivity contribution in [2.75, 3.05) is 17.2 Å². The third kappa shape index (κ3) is 2.54. The highest BCUT2D eigenvalue weighted by molar-refractivity contribution is 5.97. The molecule has 0 atom stereocenters. The molecule has 1 aromatic carbocycles. The first-order valence-corrected chi connectivity index (χ1v) is 7.96. The highest BCUT2D eigenvalue weighted by Gasteiger charge is 2.29. The van der Waals surface area contributed by atoms with Crippen molar-refractivity contribution in [3.63, 3.8) is 0 Å². The van der Waals surface area contributed by atoms with Crippen LogP contribution in [0.1, 0.15) is 50.5 Å². The number of carbonyl (C=O) groups is 1. The van der Waals surface area contributed by atoms with Gasteiger partial charge in [0, 0.05) is 23.8 Å². The van der Waals surface area contributed by atoms with Crippen molar-refractivity contribution in [2.45, 2.75) is 51.4 Å². The molecule has 0 saturated heterocycles. The normalized spacial score (nSPS) is 20.3. The number of anilines is 2. The predicted molar refractivity (Wildman–Crippen MR) is 82.7 cm³/mol. The lowest BCUT2D eigenvalue weighted by molar-refractivity contribution is -0.122. The van der Waals surface area contributed by atoms with Gasteiger partial charge in [0.05, 0.1) is 0 Å². The fourth-order valence-electron chi connectivity index (χ4n) is 3.63. The molecule has 1 aliphatic carbocycles. The Morgan fingerprint density at radius 3 is 2.60 bits per heavy atom. The van der Waals surface area contributed by atoms with Crippen LogP contribution in [0.5, 0.6) is 0 Å². The van der Waals surface area contributed by atoms with E-state index in [-0.39, 0.29) is 5.92 Å². The molecular formula is C17H24N2O. The Morgan fingerprint density at radius 2 is 1.85 bits per heavy atom. The first-order chi connectivity index (χ1) is 9.77. The van der Waals surface area contributed by atoms with Crippen LogP contribution in [0.2, 0.25) is 0 Å². The minimum Gasteiger partial charge on any atom is -0.398 e. The SMILES string of the molecule is Nc1cccc2c1CCCN2C(=O)C1CCCCCC1. The molecule has 0 aromatic heterocycles. The van der Waals surface area contributed by atoms with E-state index in [0.717, 1.165) is 43.6 Å². The lowest BCUT2D eigenvalue weighted by Crippen LogP contribution is -2.39. The molecule has 1 amide bonds. The second-order valence-corrected chi connectivity index (χ2v) is 6.13. The summed E-state index contributed by atoms with van der Waals surface area (Å²) >= 11 is 0. The topological polar surface area (TPSA) is 46.3 Å². The summed E-state index contributed by atoms with van der Waals surface area (Å²) in [5.74, 6) is 0.559. The van der Waals surface area contributed by atoms with Crippen LogP contribution in [0.4, 0.5) is 11.4 Å². The quantitative estimate of drug-likeness (QED) is 0.628. The molecule has 3 nitrogen and oxygen atoms in total. The fourth-order valence-corrected chi connectivity index (χ4v) is 3.63. The second kappa shape index (κ2) is 5.86. The molecular weight excluding hydrogens is 248 g/mol. The summed E-state index contributed by atoms with van der Waals surface area (Å²) in [6.07, 6.45) is 9.12. The molecule has 3 heteroatoms. The van der Waals surface area contributed by atoms with Gasteiger partial charge in [0.2, 0.25) is 5.91 Å². The molecule has 0 bridgehead atoms. The third-order valence-corrected chi connectivity index (χ3v) is 4.76. The zero-order chi connectivity index (χ0) is 13.9. The summed E-state index contributed by atoms with van der Waals surface area (Å²) in [6.45, 7) is 0.853. The summed E-state index contributed by atoms with van der Waals surface area (Å²) in [5, 5.41) is 0. The van der Waals surface area contributed by atoms with E-state index in [1.807, 2.05) is 17.0 Å². The predicted octanol–water partition coefficient (Wildman–Crippen LogP) is 3.52. The van der Waals surface area contributed by atoms with Gasteiger partial charge in [-0.2, -0.15) is 0 Å².